The molecule has 0 aliphatic carbocycles. The number of carbonyl (C=O) groups is 1. The largest absolute Gasteiger partial charge is 0.388 e. The van der Waals surface area contributed by atoms with Crippen LogP contribution in [0.5, 0.6) is 0 Å². The van der Waals surface area contributed by atoms with Crippen molar-refractivity contribution >= 4 is 5.91 Å². The summed E-state index contributed by atoms with van der Waals surface area (Å²) in [5.41, 5.74) is 0. The Hall–Kier alpha value is -0.650. The van der Waals surface area contributed by atoms with Gasteiger partial charge in [-0.25, -0.2) is 0 Å². The first-order valence-electron chi connectivity index (χ1n) is 4.37. The first-order chi connectivity index (χ1) is 6.07. The number of aliphatic hydroxyl groups is 2. The van der Waals surface area contributed by atoms with E-state index in [0.717, 1.165) is 0 Å². The Morgan fingerprint density at radius 2 is 2.08 bits per heavy atom. The van der Waals surface area contributed by atoms with E-state index < -0.39 is 24.4 Å². The molecule has 4 atom stereocenters. The lowest BCUT2D eigenvalue weighted by Gasteiger charge is -2.13. The summed E-state index contributed by atoms with van der Waals surface area (Å²) in [7, 11) is 0. The first kappa shape index (κ1) is 10.4. The van der Waals surface area contributed by atoms with Gasteiger partial charge in [-0.15, -0.1) is 0 Å². The van der Waals surface area contributed by atoms with Gasteiger partial charge in [0, 0.05) is 6.54 Å². The van der Waals surface area contributed by atoms with Gasteiger partial charge in [0.1, 0.15) is 12.2 Å². The van der Waals surface area contributed by atoms with Gasteiger partial charge in [0.2, 0.25) is 0 Å². The summed E-state index contributed by atoms with van der Waals surface area (Å²) in [6.07, 6.45) is -3.54. The van der Waals surface area contributed by atoms with Crippen LogP contribution in [0.25, 0.3) is 0 Å². The van der Waals surface area contributed by atoms with Crippen molar-refractivity contribution in [3.8, 4) is 0 Å². The number of nitrogens with one attached hydrogen (secondary N) is 1. The van der Waals surface area contributed by atoms with Crippen molar-refractivity contribution in [3.63, 3.8) is 0 Å². The van der Waals surface area contributed by atoms with Gasteiger partial charge < -0.3 is 20.3 Å². The monoisotopic (exact) mass is 189 g/mol. The highest BCUT2D eigenvalue weighted by Gasteiger charge is 2.43. The second kappa shape index (κ2) is 4.04. The molecule has 0 aromatic rings. The number of ether oxygens (including phenoxy) is 1. The highest BCUT2D eigenvalue weighted by Crippen LogP contribution is 2.20. The fourth-order valence-electron chi connectivity index (χ4n) is 1.34. The van der Waals surface area contributed by atoms with Crippen LogP contribution in [0.15, 0.2) is 0 Å². The molecule has 13 heavy (non-hydrogen) atoms. The van der Waals surface area contributed by atoms with Crippen LogP contribution in [0.2, 0.25) is 0 Å². The zero-order valence-corrected chi connectivity index (χ0v) is 7.73. The lowest BCUT2D eigenvalue weighted by atomic mass is 10.1. The molecule has 3 N–H and O–H groups in total. The molecule has 2 unspecified atom stereocenters. The molecule has 1 amide bonds. The highest BCUT2D eigenvalue weighted by atomic mass is 16.5. The number of hydrogen-bond donors (Lipinski definition) is 3. The van der Waals surface area contributed by atoms with Crippen molar-refractivity contribution in [1.82, 2.24) is 5.32 Å². The van der Waals surface area contributed by atoms with Crippen LogP contribution in [-0.2, 0) is 9.53 Å². The van der Waals surface area contributed by atoms with Crippen molar-refractivity contribution in [2.24, 2.45) is 0 Å². The summed E-state index contributed by atoms with van der Waals surface area (Å²) in [6, 6.07) is 0. The van der Waals surface area contributed by atoms with Gasteiger partial charge in [-0.05, 0) is 13.8 Å². The topological polar surface area (TPSA) is 78.8 Å². The second-order valence-electron chi connectivity index (χ2n) is 3.14. The Labute approximate surface area is 76.7 Å². The van der Waals surface area contributed by atoms with Crippen LogP contribution in [0.1, 0.15) is 13.8 Å². The number of aliphatic hydroxyl groups excluding tert-OH is 2. The van der Waals surface area contributed by atoms with Crippen LogP contribution in [-0.4, -0.2) is 47.1 Å². The van der Waals surface area contributed by atoms with Crippen molar-refractivity contribution in [2.45, 2.75) is 38.3 Å². The van der Waals surface area contributed by atoms with Crippen molar-refractivity contribution in [1.29, 1.82) is 0 Å². The number of amides is 1. The number of likely N-dealkylation sites (N-methyl/N-ethyl adjacent to an activating group) is 1. The third-order valence-corrected chi connectivity index (χ3v) is 2.11. The van der Waals surface area contributed by atoms with Gasteiger partial charge in [-0.2, -0.15) is 0 Å². The standard InChI is InChI=1S/C8H15NO4/c1-3-9-8(12)7-6(11)5(10)4(2)13-7/h4-7,10-11H,3H2,1-2H3,(H,9,12)/t4-,5?,6?,7-/m0/s1. The molecular weight excluding hydrogens is 174 g/mol. The molecule has 5 heteroatoms. The van der Waals surface area contributed by atoms with Gasteiger partial charge in [0.25, 0.3) is 5.91 Å². The normalized spacial score (nSPS) is 39.1. The third kappa shape index (κ3) is 1.99. The maximum absolute atomic E-state index is 11.2. The molecule has 0 bridgehead atoms. The quantitative estimate of drug-likeness (QED) is 0.501. The molecule has 1 saturated heterocycles. The Bertz CT molecular complexity index is 197. The van der Waals surface area contributed by atoms with Gasteiger partial charge >= 0.3 is 0 Å². The molecule has 1 fully saturated rings. The molecule has 0 aromatic carbocycles. The summed E-state index contributed by atoms with van der Waals surface area (Å²) in [6.45, 7) is 3.88. The number of rotatable bonds is 2. The molecule has 0 saturated carbocycles. The van der Waals surface area contributed by atoms with E-state index in [-0.39, 0.29) is 5.91 Å². The van der Waals surface area contributed by atoms with Crippen molar-refractivity contribution in [2.75, 3.05) is 6.54 Å². The summed E-state index contributed by atoms with van der Waals surface area (Å²) in [5, 5.41) is 21.2. The van der Waals surface area contributed by atoms with Crippen molar-refractivity contribution < 1.29 is 19.7 Å². The molecular formula is C8H15NO4. The Morgan fingerprint density at radius 3 is 2.46 bits per heavy atom. The summed E-state index contributed by atoms with van der Waals surface area (Å²) in [5.74, 6) is -0.376. The van der Waals surface area contributed by atoms with E-state index in [2.05, 4.69) is 5.32 Å². The van der Waals surface area contributed by atoms with Gasteiger partial charge in [-0.3, -0.25) is 4.79 Å². The van der Waals surface area contributed by atoms with E-state index in [1.807, 2.05) is 0 Å². The molecule has 1 rings (SSSR count). The number of hydrogen-bond acceptors (Lipinski definition) is 4. The number of carbonyl (C=O) groups excluding carboxylic acids is 1. The van der Waals surface area contributed by atoms with Gasteiger partial charge in [0.05, 0.1) is 6.10 Å². The van der Waals surface area contributed by atoms with Crippen LogP contribution in [0.4, 0.5) is 0 Å². The maximum Gasteiger partial charge on any atom is 0.251 e. The molecule has 5 nitrogen and oxygen atoms in total. The van der Waals surface area contributed by atoms with Crippen molar-refractivity contribution in [3.05, 3.63) is 0 Å². The molecule has 1 heterocycles. The van der Waals surface area contributed by atoms with Crippen LogP contribution < -0.4 is 5.32 Å². The summed E-state index contributed by atoms with van der Waals surface area (Å²) >= 11 is 0. The van der Waals surface area contributed by atoms with Crippen LogP contribution in [0.3, 0.4) is 0 Å². The van der Waals surface area contributed by atoms with E-state index >= 15 is 0 Å². The van der Waals surface area contributed by atoms with Crippen LogP contribution >= 0.6 is 0 Å². The summed E-state index contributed by atoms with van der Waals surface area (Å²) < 4.78 is 5.09. The molecule has 1 aliphatic heterocycles. The van der Waals surface area contributed by atoms with E-state index in [1.54, 1.807) is 13.8 Å². The Morgan fingerprint density at radius 1 is 1.46 bits per heavy atom. The lowest BCUT2D eigenvalue weighted by Crippen LogP contribution is -2.42. The predicted molar refractivity (Wildman–Crippen MR) is 45.0 cm³/mol. The zero-order chi connectivity index (χ0) is 10.0. The molecule has 76 valence electrons. The van der Waals surface area contributed by atoms with Gasteiger partial charge in [0.15, 0.2) is 6.10 Å². The molecule has 0 spiro atoms. The lowest BCUT2D eigenvalue weighted by molar-refractivity contribution is -0.135. The Kier molecular flexibility index (Phi) is 3.24. The highest BCUT2D eigenvalue weighted by molar-refractivity contribution is 5.81. The molecule has 0 aromatic heterocycles. The minimum Gasteiger partial charge on any atom is -0.388 e. The average Bonchev–Trinajstić information content (AvgIpc) is 2.33. The van der Waals surface area contributed by atoms with Crippen LogP contribution in [0, 0.1) is 0 Å². The second-order valence-corrected chi connectivity index (χ2v) is 3.14. The molecule has 0 radical (unpaired) electrons. The van der Waals surface area contributed by atoms with E-state index in [4.69, 9.17) is 4.74 Å². The minimum atomic E-state index is -1.12. The zero-order valence-electron chi connectivity index (χ0n) is 7.73. The maximum atomic E-state index is 11.2. The van der Waals surface area contributed by atoms with Gasteiger partial charge in [-0.1, -0.05) is 0 Å². The fraction of sp³-hybridized carbons (Fsp3) is 0.875. The predicted octanol–water partition coefficient (Wildman–Crippen LogP) is -1.37. The Balaban J connectivity index is 2.57. The molecule has 1 aliphatic rings. The first-order valence-corrected chi connectivity index (χ1v) is 4.37. The summed E-state index contributed by atoms with van der Waals surface area (Å²) in [4.78, 5) is 11.2. The fourth-order valence-corrected chi connectivity index (χ4v) is 1.34. The third-order valence-electron chi connectivity index (χ3n) is 2.11. The smallest absolute Gasteiger partial charge is 0.251 e. The van der Waals surface area contributed by atoms with E-state index in [0.29, 0.717) is 6.54 Å². The minimum absolute atomic E-state index is 0.376. The SMILES string of the molecule is CCNC(=O)[C@H]1O[C@@H](C)C(O)C1O. The van der Waals surface area contributed by atoms with E-state index in [1.165, 1.54) is 0 Å². The van der Waals surface area contributed by atoms with E-state index in [9.17, 15) is 15.0 Å². The average molecular weight is 189 g/mol.